The topological polar surface area (TPSA) is 103 Å². The molecule has 2 N–H and O–H groups in total. The van der Waals surface area contributed by atoms with E-state index in [-0.39, 0.29) is 24.2 Å². The number of carboxylic acids is 1. The van der Waals surface area contributed by atoms with E-state index in [0.717, 1.165) is 5.56 Å². The van der Waals surface area contributed by atoms with Crippen LogP contribution in [0, 0.1) is 11.8 Å². The molecule has 1 aromatic rings. The number of halogens is 1. The van der Waals surface area contributed by atoms with E-state index in [0.29, 0.717) is 50.3 Å². The summed E-state index contributed by atoms with van der Waals surface area (Å²) in [6.45, 7) is 10.3. The summed E-state index contributed by atoms with van der Waals surface area (Å²) in [5.74, 6) is -0.562. The van der Waals surface area contributed by atoms with Crippen LogP contribution >= 0.6 is 11.6 Å². The zero-order valence-electron chi connectivity index (χ0n) is 23.6. The van der Waals surface area contributed by atoms with Gasteiger partial charge in [0.15, 0.2) is 5.79 Å². The van der Waals surface area contributed by atoms with Gasteiger partial charge in [-0.05, 0) is 84.3 Å². The molecule has 1 aliphatic carbocycles. The lowest BCUT2D eigenvalue weighted by atomic mass is 9.67. The molecule has 0 radical (unpaired) electrons. The van der Waals surface area contributed by atoms with Crippen molar-refractivity contribution in [3.05, 3.63) is 46.9 Å². The Hall–Kier alpha value is -1.91. The number of amides is 1. The Labute approximate surface area is 236 Å². The Morgan fingerprint density at radius 1 is 1.05 bits per heavy atom. The maximum absolute atomic E-state index is 12.8. The van der Waals surface area contributed by atoms with Crippen LogP contribution < -0.4 is 5.32 Å². The van der Waals surface area contributed by atoms with E-state index >= 15 is 0 Å². The van der Waals surface area contributed by atoms with Crippen LogP contribution in [0.2, 0.25) is 5.02 Å². The molecular weight excluding hydrogens is 521 g/mol. The molecular formula is C29H41BClNO7. The van der Waals surface area contributed by atoms with Gasteiger partial charge in [0, 0.05) is 23.4 Å². The van der Waals surface area contributed by atoms with Crippen molar-refractivity contribution in [2.24, 2.45) is 11.8 Å². The predicted octanol–water partition coefficient (Wildman–Crippen LogP) is 5.27. The number of carbonyl (C=O) groups is 2. The van der Waals surface area contributed by atoms with E-state index in [1.54, 1.807) is 0 Å². The lowest BCUT2D eigenvalue weighted by Crippen LogP contribution is -2.60. The quantitative estimate of drug-likeness (QED) is 0.396. The number of carbonyl (C=O) groups excluding carboxylic acids is 1. The molecule has 39 heavy (non-hydrogen) atoms. The number of benzene rings is 1. The average molecular weight is 562 g/mol. The predicted molar refractivity (Wildman–Crippen MR) is 149 cm³/mol. The van der Waals surface area contributed by atoms with Gasteiger partial charge in [-0.15, -0.1) is 0 Å². The zero-order chi connectivity index (χ0) is 28.5. The van der Waals surface area contributed by atoms with Crippen molar-refractivity contribution in [3.63, 3.8) is 0 Å². The first-order valence-corrected chi connectivity index (χ1v) is 14.3. The minimum atomic E-state index is -1.37. The zero-order valence-corrected chi connectivity index (χ0v) is 24.4. The van der Waals surface area contributed by atoms with Gasteiger partial charge in [-0.1, -0.05) is 35.8 Å². The molecule has 2 heterocycles. The van der Waals surface area contributed by atoms with Crippen LogP contribution in [0.1, 0.15) is 78.7 Å². The largest absolute Gasteiger partial charge is 0.486 e. The minimum Gasteiger partial charge on any atom is -0.479 e. The van der Waals surface area contributed by atoms with Crippen LogP contribution in [0.4, 0.5) is 0 Å². The molecule has 3 aliphatic rings. The van der Waals surface area contributed by atoms with Crippen molar-refractivity contribution >= 4 is 30.6 Å². The van der Waals surface area contributed by atoms with E-state index < -0.39 is 35.6 Å². The van der Waals surface area contributed by atoms with Crippen molar-refractivity contribution in [2.75, 3.05) is 13.2 Å². The maximum atomic E-state index is 12.8. The third-order valence-corrected chi connectivity index (χ3v) is 9.23. The third-order valence-electron chi connectivity index (χ3n) is 8.98. The standard InChI is InChI=1S/C29H41BClNO7/c1-20(33)32-28(25(34)35,16-6-7-17-30-38-26(2,3)27(4,5)39-30)21-8-10-22(11-9-21)29(36-18-19-37-29)23-12-14-24(31)15-13-23/h7,12-15,17,21-22H,6,8-11,16,18-19H2,1-5H3,(H,32,33)(H,34,35). The van der Waals surface area contributed by atoms with Gasteiger partial charge < -0.3 is 29.2 Å². The third kappa shape index (κ3) is 6.08. The highest BCUT2D eigenvalue weighted by Crippen LogP contribution is 2.49. The first kappa shape index (κ1) is 30.1. The van der Waals surface area contributed by atoms with Gasteiger partial charge in [0.2, 0.25) is 5.91 Å². The molecule has 1 atom stereocenters. The van der Waals surface area contributed by atoms with Crippen LogP contribution in [-0.2, 0) is 34.2 Å². The van der Waals surface area contributed by atoms with Crippen LogP contribution in [0.3, 0.4) is 0 Å². The van der Waals surface area contributed by atoms with Gasteiger partial charge in [-0.3, -0.25) is 4.79 Å². The summed E-state index contributed by atoms with van der Waals surface area (Å²) in [5, 5.41) is 13.9. The Morgan fingerprint density at radius 3 is 2.13 bits per heavy atom. The van der Waals surface area contributed by atoms with Gasteiger partial charge in [0.05, 0.1) is 24.4 Å². The van der Waals surface area contributed by atoms with E-state index in [1.807, 2.05) is 64.0 Å². The molecule has 2 aliphatic heterocycles. The fraction of sp³-hybridized carbons (Fsp3) is 0.655. The molecule has 0 bridgehead atoms. The summed E-state index contributed by atoms with van der Waals surface area (Å²) in [5.41, 5.74) is -1.34. The molecule has 2 saturated heterocycles. The maximum Gasteiger partial charge on any atom is 0.486 e. The van der Waals surface area contributed by atoms with E-state index in [2.05, 4.69) is 5.32 Å². The Balaban J connectivity index is 1.46. The van der Waals surface area contributed by atoms with Crippen LogP contribution in [-0.4, -0.2) is 54.1 Å². The highest BCUT2D eigenvalue weighted by molar-refractivity contribution is 6.51. The summed E-state index contributed by atoms with van der Waals surface area (Å²) in [4.78, 5) is 25.0. The number of allylic oxidation sites excluding steroid dienone is 1. The van der Waals surface area contributed by atoms with Gasteiger partial charge in [-0.25, -0.2) is 4.79 Å². The molecule has 10 heteroatoms. The molecule has 0 aromatic heterocycles. The van der Waals surface area contributed by atoms with Crippen LogP contribution in [0.15, 0.2) is 36.3 Å². The second kappa shape index (κ2) is 11.5. The number of nitrogens with one attached hydrogen (secondary N) is 1. The molecule has 1 amide bonds. The monoisotopic (exact) mass is 561 g/mol. The van der Waals surface area contributed by atoms with Gasteiger partial charge in [-0.2, -0.15) is 0 Å². The van der Waals surface area contributed by atoms with Crippen molar-refractivity contribution in [2.45, 2.75) is 95.7 Å². The average Bonchev–Trinajstić information content (AvgIpc) is 3.44. The van der Waals surface area contributed by atoms with Gasteiger partial charge >= 0.3 is 13.1 Å². The molecule has 214 valence electrons. The molecule has 1 unspecified atom stereocenters. The summed E-state index contributed by atoms with van der Waals surface area (Å²) >= 11 is 6.11. The molecule has 3 fully saturated rings. The normalized spacial score (nSPS) is 27.4. The number of aliphatic carboxylic acids is 1. The van der Waals surface area contributed by atoms with Gasteiger partial charge in [0.1, 0.15) is 5.54 Å². The fourth-order valence-corrected chi connectivity index (χ4v) is 6.34. The second-order valence-corrected chi connectivity index (χ2v) is 12.4. The first-order valence-electron chi connectivity index (χ1n) is 13.9. The van der Waals surface area contributed by atoms with Gasteiger partial charge in [0.25, 0.3) is 0 Å². The molecule has 8 nitrogen and oxygen atoms in total. The molecule has 1 saturated carbocycles. The van der Waals surface area contributed by atoms with Crippen molar-refractivity contribution in [1.82, 2.24) is 5.32 Å². The van der Waals surface area contributed by atoms with Crippen molar-refractivity contribution in [1.29, 1.82) is 0 Å². The Bertz CT molecular complexity index is 1050. The Kier molecular flexibility index (Phi) is 8.89. The first-order chi connectivity index (χ1) is 18.3. The van der Waals surface area contributed by atoms with E-state index in [1.165, 1.54) is 6.92 Å². The number of ether oxygens (including phenoxy) is 2. The molecule has 1 aromatic carbocycles. The Morgan fingerprint density at radius 2 is 1.62 bits per heavy atom. The van der Waals surface area contributed by atoms with Crippen LogP contribution in [0.5, 0.6) is 0 Å². The van der Waals surface area contributed by atoms with Crippen LogP contribution in [0.25, 0.3) is 0 Å². The summed E-state index contributed by atoms with van der Waals surface area (Å²) in [7, 11) is -0.499. The minimum absolute atomic E-state index is 0.0597. The summed E-state index contributed by atoms with van der Waals surface area (Å²) in [6.07, 6.45) is 5.29. The van der Waals surface area contributed by atoms with E-state index in [4.69, 9.17) is 30.4 Å². The lowest BCUT2D eigenvalue weighted by molar-refractivity contribution is -0.214. The highest BCUT2D eigenvalue weighted by Gasteiger charge is 2.53. The lowest BCUT2D eigenvalue weighted by Gasteiger charge is -2.45. The molecule has 0 spiro atoms. The summed E-state index contributed by atoms with van der Waals surface area (Å²) in [6, 6.07) is 7.53. The number of carboxylic acid groups (broad SMARTS) is 1. The van der Waals surface area contributed by atoms with E-state index in [9.17, 15) is 14.7 Å². The SMILES string of the molecule is CC(=O)NC(CCC=CB1OC(C)(C)C(C)(C)O1)(C(=O)O)C1CCC(C2(c3ccc(Cl)cc3)OCCO2)CC1. The number of rotatable bonds is 9. The number of hydrogen-bond donors (Lipinski definition) is 2. The van der Waals surface area contributed by atoms with Crippen molar-refractivity contribution in [3.8, 4) is 0 Å². The molecule has 4 rings (SSSR count). The second-order valence-electron chi connectivity index (χ2n) is 12.0. The number of hydrogen-bond acceptors (Lipinski definition) is 6. The summed E-state index contributed by atoms with van der Waals surface area (Å²) < 4.78 is 24.4. The smallest absolute Gasteiger partial charge is 0.479 e. The highest BCUT2D eigenvalue weighted by atomic mass is 35.5. The fourth-order valence-electron chi connectivity index (χ4n) is 6.22. The van der Waals surface area contributed by atoms with Crippen molar-refractivity contribution < 1.29 is 33.5 Å².